The van der Waals surface area contributed by atoms with Crippen molar-refractivity contribution in [3.8, 4) is 11.1 Å². The lowest BCUT2D eigenvalue weighted by molar-refractivity contribution is -0.146. The van der Waals surface area contributed by atoms with Crippen LogP contribution in [0.5, 0.6) is 0 Å². The number of carbonyl (C=O) groups excluding carboxylic acids is 6. The van der Waals surface area contributed by atoms with Crippen molar-refractivity contribution in [2.75, 3.05) is 40.1 Å². The fraction of sp³-hybridized carbons (Fsp3) is 0.571. The lowest BCUT2D eigenvalue weighted by Gasteiger charge is -2.25. The molecule has 1 saturated heterocycles. The molecule has 1 aliphatic rings. The van der Waals surface area contributed by atoms with E-state index in [9.17, 15) is 28.8 Å². The lowest BCUT2D eigenvalue weighted by atomic mass is 10.0. The second-order valence-electron chi connectivity index (χ2n) is 15.1. The molecule has 3 rings (SSSR count). The minimum absolute atomic E-state index is 0.121. The Labute approximate surface area is 341 Å². The van der Waals surface area contributed by atoms with Crippen molar-refractivity contribution < 1.29 is 47.7 Å². The standard InChI is InChI=1S/C42H62N6O10/c1-6-7-12-28-14-16-29(17-15-28)30-18-20-31(21-19-30)36(49)45-32(13-8-9-23-44-41(54)58-42(2,3)4)37(50)47-34-27-57-25-11-10-24-56-26-22-33(40(53)55-5)46-39(52)35(43)48-38(34)51/h14-21,32-35H,6-13,22-27,43H2,1-5H3,(H,44,54)(H,45,49)(H,46,52)(H,47,50)(H,48,51)/t32-,33-,34-,35+/m0/s1. The molecule has 16 nitrogen and oxygen atoms in total. The molecule has 4 atom stereocenters. The molecule has 2 aromatic carbocycles. The van der Waals surface area contributed by atoms with Crippen LogP contribution in [0.2, 0.25) is 0 Å². The molecule has 58 heavy (non-hydrogen) atoms. The second kappa shape index (κ2) is 24.7. The maximum atomic E-state index is 13.9. The number of carbonyl (C=O) groups is 6. The highest BCUT2D eigenvalue weighted by atomic mass is 16.6. The van der Waals surface area contributed by atoms with Crippen LogP contribution >= 0.6 is 0 Å². The third kappa shape index (κ3) is 17.2. The summed E-state index contributed by atoms with van der Waals surface area (Å²) >= 11 is 0. The Morgan fingerprint density at radius 2 is 1.53 bits per heavy atom. The molecule has 2 aromatic rings. The Morgan fingerprint density at radius 1 is 0.879 bits per heavy atom. The Hall–Kier alpha value is -5.06. The first kappa shape index (κ1) is 47.3. The molecule has 5 amide bonds. The molecule has 16 heteroatoms. The first-order valence-electron chi connectivity index (χ1n) is 20.1. The molecule has 0 unspecified atom stereocenters. The van der Waals surface area contributed by atoms with Crippen LogP contribution in [0.3, 0.4) is 0 Å². The molecule has 0 aromatic heterocycles. The molecule has 1 heterocycles. The summed E-state index contributed by atoms with van der Waals surface area (Å²) in [4.78, 5) is 78.3. The third-order valence-corrected chi connectivity index (χ3v) is 9.14. The van der Waals surface area contributed by atoms with Crippen LogP contribution in [0, 0.1) is 0 Å². The first-order chi connectivity index (χ1) is 27.7. The summed E-state index contributed by atoms with van der Waals surface area (Å²) in [7, 11) is 1.19. The molecule has 0 bridgehead atoms. The number of benzene rings is 2. The van der Waals surface area contributed by atoms with Crippen molar-refractivity contribution in [1.82, 2.24) is 26.6 Å². The van der Waals surface area contributed by atoms with Gasteiger partial charge in [-0.3, -0.25) is 19.2 Å². The number of ether oxygens (including phenoxy) is 4. The largest absolute Gasteiger partial charge is 0.467 e. The predicted molar refractivity (Wildman–Crippen MR) is 217 cm³/mol. The number of esters is 1. The number of unbranched alkanes of at least 4 members (excludes halogenated alkanes) is 2. The average Bonchev–Trinajstić information content (AvgIpc) is 3.19. The molecule has 0 spiro atoms. The van der Waals surface area contributed by atoms with E-state index >= 15 is 0 Å². The summed E-state index contributed by atoms with van der Waals surface area (Å²) < 4.78 is 21.4. The molecule has 1 aliphatic heterocycles. The van der Waals surface area contributed by atoms with Gasteiger partial charge in [0.05, 0.1) is 13.7 Å². The van der Waals surface area contributed by atoms with Crippen molar-refractivity contribution in [3.63, 3.8) is 0 Å². The maximum absolute atomic E-state index is 13.9. The van der Waals surface area contributed by atoms with Gasteiger partial charge in [0.2, 0.25) is 11.8 Å². The zero-order chi connectivity index (χ0) is 42.5. The number of alkyl carbamates (subject to hydrolysis) is 1. The quantitative estimate of drug-likeness (QED) is 0.120. The van der Waals surface area contributed by atoms with E-state index in [0.717, 1.165) is 30.4 Å². The van der Waals surface area contributed by atoms with E-state index in [4.69, 9.17) is 24.7 Å². The van der Waals surface area contributed by atoms with E-state index in [1.54, 1.807) is 32.9 Å². The molecule has 320 valence electrons. The third-order valence-electron chi connectivity index (χ3n) is 9.14. The molecule has 0 saturated carbocycles. The van der Waals surface area contributed by atoms with Gasteiger partial charge < -0.3 is 51.3 Å². The Morgan fingerprint density at radius 3 is 2.17 bits per heavy atom. The summed E-state index contributed by atoms with van der Waals surface area (Å²) in [5.41, 5.74) is 8.87. The van der Waals surface area contributed by atoms with Gasteiger partial charge in [0.15, 0.2) is 6.17 Å². The first-order valence-corrected chi connectivity index (χ1v) is 20.1. The molecular weight excluding hydrogens is 748 g/mol. The molecular formula is C42H62N6O10. The van der Waals surface area contributed by atoms with Gasteiger partial charge >= 0.3 is 12.1 Å². The minimum atomic E-state index is -1.59. The van der Waals surface area contributed by atoms with E-state index in [0.29, 0.717) is 37.9 Å². The minimum Gasteiger partial charge on any atom is -0.467 e. The van der Waals surface area contributed by atoms with Gasteiger partial charge in [0.1, 0.15) is 23.7 Å². The van der Waals surface area contributed by atoms with Gasteiger partial charge in [-0.25, -0.2) is 9.59 Å². The van der Waals surface area contributed by atoms with Crippen LogP contribution in [0.15, 0.2) is 48.5 Å². The number of hydrogen-bond acceptors (Lipinski definition) is 11. The highest BCUT2D eigenvalue weighted by molar-refractivity contribution is 5.99. The number of rotatable bonds is 14. The number of methoxy groups -OCH3 is 1. The maximum Gasteiger partial charge on any atom is 0.407 e. The molecule has 7 N–H and O–H groups in total. The summed E-state index contributed by atoms with van der Waals surface area (Å²) in [6.45, 7) is 8.22. The van der Waals surface area contributed by atoms with Gasteiger partial charge in [0.25, 0.3) is 11.8 Å². The van der Waals surface area contributed by atoms with Crippen LogP contribution in [0.4, 0.5) is 4.79 Å². The average molecular weight is 811 g/mol. The van der Waals surface area contributed by atoms with Crippen molar-refractivity contribution in [2.24, 2.45) is 5.73 Å². The van der Waals surface area contributed by atoms with Gasteiger partial charge in [-0.2, -0.15) is 0 Å². The summed E-state index contributed by atoms with van der Waals surface area (Å²) in [5, 5.41) is 13.0. The molecule has 0 aliphatic carbocycles. The van der Waals surface area contributed by atoms with Crippen LogP contribution in [0.1, 0.15) is 95.0 Å². The van der Waals surface area contributed by atoms with E-state index in [1.165, 1.54) is 12.7 Å². The van der Waals surface area contributed by atoms with Crippen molar-refractivity contribution >= 4 is 35.7 Å². The zero-order valence-electron chi connectivity index (χ0n) is 34.5. The lowest BCUT2D eigenvalue weighted by Crippen LogP contribution is -2.61. The summed E-state index contributed by atoms with van der Waals surface area (Å²) in [6, 6.07) is 11.9. The van der Waals surface area contributed by atoms with Crippen molar-refractivity contribution in [1.29, 1.82) is 0 Å². The Kier molecular flexibility index (Phi) is 20.1. The molecule has 0 radical (unpaired) electrons. The topological polar surface area (TPSA) is 226 Å². The Bertz CT molecular complexity index is 1630. The SMILES string of the molecule is CCCCc1ccc(-c2ccc(C(=O)N[C@@H](CCCCNC(=O)OC(C)(C)C)C(=O)N[C@H]3COCCCCOCC[C@@H](C(=O)OC)NC(=O)[C@H](N)NC3=O)cc2)cc1. The second-order valence-corrected chi connectivity index (χ2v) is 15.1. The van der Waals surface area contributed by atoms with E-state index in [1.807, 2.05) is 12.1 Å². The number of aryl methyl sites for hydroxylation is 1. The van der Waals surface area contributed by atoms with Crippen LogP contribution in [0.25, 0.3) is 11.1 Å². The van der Waals surface area contributed by atoms with Gasteiger partial charge in [0, 0.05) is 38.3 Å². The smallest absolute Gasteiger partial charge is 0.407 e. The summed E-state index contributed by atoms with van der Waals surface area (Å²) in [6.07, 6.45) is 3.43. The predicted octanol–water partition coefficient (Wildman–Crippen LogP) is 3.25. The van der Waals surface area contributed by atoms with E-state index in [-0.39, 0.29) is 39.2 Å². The van der Waals surface area contributed by atoms with Crippen molar-refractivity contribution in [3.05, 3.63) is 59.7 Å². The molecule has 1 fully saturated rings. The number of nitrogens with one attached hydrogen (secondary N) is 5. The monoisotopic (exact) mass is 810 g/mol. The fourth-order valence-electron chi connectivity index (χ4n) is 5.89. The number of nitrogens with two attached hydrogens (primary N) is 1. The number of amides is 5. The zero-order valence-corrected chi connectivity index (χ0v) is 34.5. The van der Waals surface area contributed by atoms with Crippen molar-refractivity contribution in [2.45, 2.75) is 115 Å². The Balaban J connectivity index is 1.75. The van der Waals surface area contributed by atoms with Crippen LogP contribution < -0.4 is 32.3 Å². The van der Waals surface area contributed by atoms with Gasteiger partial charge in [-0.1, -0.05) is 49.7 Å². The van der Waals surface area contributed by atoms with Crippen LogP contribution in [-0.2, 0) is 44.5 Å². The van der Waals surface area contributed by atoms with Gasteiger partial charge in [-0.05, 0) is 94.5 Å². The van der Waals surface area contributed by atoms with E-state index in [2.05, 4.69) is 57.8 Å². The van der Waals surface area contributed by atoms with Gasteiger partial charge in [-0.15, -0.1) is 0 Å². The van der Waals surface area contributed by atoms with Crippen LogP contribution in [-0.4, -0.2) is 106 Å². The highest BCUT2D eigenvalue weighted by Gasteiger charge is 2.31. The van der Waals surface area contributed by atoms with E-state index < -0.39 is 65.6 Å². The fourth-order valence-corrected chi connectivity index (χ4v) is 5.89. The highest BCUT2D eigenvalue weighted by Crippen LogP contribution is 2.21. The summed E-state index contributed by atoms with van der Waals surface area (Å²) in [5.74, 6) is -3.56. The normalized spacial score (nSPS) is 19.1. The number of hydrogen-bond donors (Lipinski definition) is 6.